The van der Waals surface area contributed by atoms with Crippen LogP contribution in [0.3, 0.4) is 0 Å². The lowest BCUT2D eigenvalue weighted by atomic mass is 9.85. The van der Waals surface area contributed by atoms with Crippen molar-refractivity contribution in [3.8, 4) is 0 Å². The zero-order chi connectivity index (χ0) is 17.4. The summed E-state index contributed by atoms with van der Waals surface area (Å²) in [6.45, 7) is 0. The maximum atomic E-state index is 14.0. The smallest absolute Gasteiger partial charge is 0.166 e. The van der Waals surface area contributed by atoms with Gasteiger partial charge < -0.3 is 0 Å². The third-order valence-electron chi connectivity index (χ3n) is 4.60. The third-order valence-corrected chi connectivity index (χ3v) is 4.60. The Bertz CT molecular complexity index is 922. The molecule has 3 heteroatoms. The van der Waals surface area contributed by atoms with Gasteiger partial charge in [0.15, 0.2) is 0 Å². The second kappa shape index (κ2) is 5.92. The van der Waals surface area contributed by atoms with Crippen molar-refractivity contribution in [1.29, 1.82) is 0 Å². The van der Waals surface area contributed by atoms with Crippen molar-refractivity contribution in [3.63, 3.8) is 0 Å². The van der Waals surface area contributed by atoms with Crippen LogP contribution < -0.4 is 0 Å². The molecular weight excluding hydrogens is 321 g/mol. The molecule has 0 fully saturated rings. The zero-order valence-corrected chi connectivity index (χ0v) is 13.3. The lowest BCUT2D eigenvalue weighted by molar-refractivity contribution is -0.0684. The first kappa shape index (κ1) is 15.7. The van der Waals surface area contributed by atoms with Crippen molar-refractivity contribution in [1.82, 2.24) is 0 Å². The van der Waals surface area contributed by atoms with Gasteiger partial charge in [-0.1, -0.05) is 84.9 Å². The van der Waals surface area contributed by atoms with Gasteiger partial charge in [0.1, 0.15) is 0 Å². The first-order chi connectivity index (χ1) is 12.1. The Morgan fingerprint density at radius 1 is 0.640 bits per heavy atom. The predicted molar refractivity (Wildman–Crippen MR) is 94.0 cm³/mol. The van der Waals surface area contributed by atoms with Gasteiger partial charge in [-0.2, -0.15) is 13.2 Å². The SMILES string of the molecule is FC(F)(F)C1=C(c2ccccc2)C(c2ccccc2)c2ccccc21. The number of benzene rings is 3. The maximum absolute atomic E-state index is 14.0. The molecule has 0 radical (unpaired) electrons. The molecule has 0 nitrogen and oxygen atoms in total. The number of fused-ring (bicyclic) bond motifs is 1. The van der Waals surface area contributed by atoms with E-state index < -0.39 is 17.7 Å². The molecule has 0 saturated heterocycles. The van der Waals surface area contributed by atoms with E-state index in [1.54, 1.807) is 48.5 Å². The van der Waals surface area contributed by atoms with Crippen LogP contribution in [-0.2, 0) is 0 Å². The number of halogens is 3. The van der Waals surface area contributed by atoms with Crippen molar-refractivity contribution >= 4 is 11.1 Å². The Morgan fingerprint density at radius 3 is 1.84 bits per heavy atom. The largest absolute Gasteiger partial charge is 0.417 e. The highest BCUT2D eigenvalue weighted by atomic mass is 19.4. The average Bonchev–Trinajstić information content (AvgIpc) is 2.98. The fourth-order valence-corrected chi connectivity index (χ4v) is 3.65. The molecule has 0 saturated carbocycles. The summed E-state index contributed by atoms with van der Waals surface area (Å²) >= 11 is 0. The standard InChI is InChI=1S/C22H15F3/c23-22(24,25)21-18-14-8-7-13-17(18)19(15-9-3-1-4-10-15)20(21)16-11-5-2-6-12-16/h1-14,19H. The van der Waals surface area contributed by atoms with Crippen molar-refractivity contribution in [2.24, 2.45) is 0 Å². The topological polar surface area (TPSA) is 0 Å². The average molecular weight is 336 g/mol. The summed E-state index contributed by atoms with van der Waals surface area (Å²) in [5.41, 5.74) is 2.28. The van der Waals surface area contributed by atoms with Crippen LogP contribution in [0.25, 0.3) is 11.1 Å². The number of hydrogen-bond acceptors (Lipinski definition) is 0. The van der Waals surface area contributed by atoms with E-state index in [-0.39, 0.29) is 5.56 Å². The van der Waals surface area contributed by atoms with Crippen LogP contribution in [0.4, 0.5) is 13.2 Å². The van der Waals surface area contributed by atoms with E-state index >= 15 is 0 Å². The van der Waals surface area contributed by atoms with Gasteiger partial charge in [0, 0.05) is 5.92 Å². The zero-order valence-electron chi connectivity index (χ0n) is 13.3. The van der Waals surface area contributed by atoms with Gasteiger partial charge >= 0.3 is 6.18 Å². The normalized spacial score (nSPS) is 16.8. The summed E-state index contributed by atoms with van der Waals surface area (Å²) in [4.78, 5) is 0. The Balaban J connectivity index is 2.06. The Kier molecular flexibility index (Phi) is 3.72. The Hall–Kier alpha value is -2.81. The molecule has 0 spiro atoms. The molecule has 0 aliphatic heterocycles. The second-order valence-electron chi connectivity index (χ2n) is 6.08. The van der Waals surface area contributed by atoms with Crippen LogP contribution in [0.5, 0.6) is 0 Å². The van der Waals surface area contributed by atoms with Crippen LogP contribution in [0.1, 0.15) is 28.2 Å². The van der Waals surface area contributed by atoms with Crippen molar-refractivity contribution in [2.45, 2.75) is 12.1 Å². The van der Waals surface area contributed by atoms with Crippen molar-refractivity contribution in [3.05, 3.63) is 107 Å². The van der Waals surface area contributed by atoms with Crippen molar-refractivity contribution in [2.75, 3.05) is 0 Å². The minimum atomic E-state index is -4.41. The Labute approximate surface area is 144 Å². The van der Waals surface area contributed by atoms with Crippen molar-refractivity contribution < 1.29 is 13.2 Å². The summed E-state index contributed by atoms with van der Waals surface area (Å²) in [5, 5.41) is 0. The minimum absolute atomic E-state index is 0.280. The molecule has 3 aromatic carbocycles. The molecule has 0 aromatic heterocycles. The molecule has 3 aromatic rings. The summed E-state index contributed by atoms with van der Waals surface area (Å²) < 4.78 is 42.0. The van der Waals surface area contributed by atoms with E-state index in [1.165, 1.54) is 0 Å². The molecule has 0 N–H and O–H groups in total. The van der Waals surface area contributed by atoms with Gasteiger partial charge in [-0.3, -0.25) is 0 Å². The van der Waals surface area contributed by atoms with Gasteiger partial charge in [0.25, 0.3) is 0 Å². The summed E-state index contributed by atoms with van der Waals surface area (Å²) in [5.74, 6) is -0.420. The summed E-state index contributed by atoms with van der Waals surface area (Å²) in [6.07, 6.45) is -4.41. The summed E-state index contributed by atoms with van der Waals surface area (Å²) in [6, 6.07) is 25.1. The molecular formula is C22H15F3. The molecule has 1 aliphatic rings. The van der Waals surface area contributed by atoms with Crippen LogP contribution in [0, 0.1) is 0 Å². The van der Waals surface area contributed by atoms with Crippen LogP contribution in [-0.4, -0.2) is 6.18 Å². The first-order valence-corrected chi connectivity index (χ1v) is 8.08. The van der Waals surface area contributed by atoms with Gasteiger partial charge in [0.05, 0.1) is 5.57 Å². The molecule has 1 aliphatic carbocycles. The molecule has 25 heavy (non-hydrogen) atoms. The van der Waals surface area contributed by atoms with Crippen LogP contribution in [0.15, 0.2) is 84.9 Å². The van der Waals surface area contributed by atoms with E-state index in [2.05, 4.69) is 0 Å². The highest BCUT2D eigenvalue weighted by Crippen LogP contribution is 2.54. The van der Waals surface area contributed by atoms with Crippen LogP contribution >= 0.6 is 0 Å². The van der Waals surface area contributed by atoms with Gasteiger partial charge in [-0.15, -0.1) is 0 Å². The van der Waals surface area contributed by atoms with Crippen LogP contribution in [0.2, 0.25) is 0 Å². The van der Waals surface area contributed by atoms with E-state index in [4.69, 9.17) is 0 Å². The highest BCUT2D eigenvalue weighted by molar-refractivity contribution is 6.02. The number of hydrogen-bond donors (Lipinski definition) is 0. The van der Waals surface area contributed by atoms with E-state index in [1.807, 2.05) is 36.4 Å². The molecule has 0 heterocycles. The van der Waals surface area contributed by atoms with E-state index in [9.17, 15) is 13.2 Å². The van der Waals surface area contributed by atoms with E-state index in [0.717, 1.165) is 5.56 Å². The highest BCUT2D eigenvalue weighted by Gasteiger charge is 2.45. The van der Waals surface area contributed by atoms with Gasteiger partial charge in [0.2, 0.25) is 0 Å². The molecule has 1 unspecified atom stereocenters. The minimum Gasteiger partial charge on any atom is -0.166 e. The molecule has 1 atom stereocenters. The second-order valence-corrected chi connectivity index (χ2v) is 6.08. The number of alkyl halides is 3. The monoisotopic (exact) mass is 336 g/mol. The predicted octanol–water partition coefficient (Wildman–Crippen LogP) is 6.31. The lowest BCUT2D eigenvalue weighted by Gasteiger charge is -2.19. The molecule has 0 amide bonds. The number of rotatable bonds is 2. The first-order valence-electron chi connectivity index (χ1n) is 8.08. The fraction of sp³-hybridized carbons (Fsp3) is 0.0909. The quantitative estimate of drug-likeness (QED) is 0.515. The van der Waals surface area contributed by atoms with Gasteiger partial charge in [-0.25, -0.2) is 0 Å². The molecule has 124 valence electrons. The van der Waals surface area contributed by atoms with Gasteiger partial charge in [-0.05, 0) is 27.8 Å². The lowest BCUT2D eigenvalue weighted by Crippen LogP contribution is -2.11. The maximum Gasteiger partial charge on any atom is 0.417 e. The molecule has 0 bridgehead atoms. The number of allylic oxidation sites excluding steroid dienone is 2. The third kappa shape index (κ3) is 2.66. The molecule has 4 rings (SSSR count). The Morgan fingerprint density at radius 2 is 1.20 bits per heavy atom. The van der Waals surface area contributed by atoms with E-state index in [0.29, 0.717) is 16.7 Å². The fourth-order valence-electron chi connectivity index (χ4n) is 3.65. The summed E-state index contributed by atoms with van der Waals surface area (Å²) in [7, 11) is 0.